The van der Waals surface area contributed by atoms with Crippen molar-refractivity contribution in [1.82, 2.24) is 9.97 Å². The monoisotopic (exact) mass is 410 g/mol. The van der Waals surface area contributed by atoms with E-state index in [-0.39, 0.29) is 0 Å². The highest BCUT2D eigenvalue weighted by Crippen LogP contribution is 2.33. The van der Waals surface area contributed by atoms with Crippen LogP contribution in [0.4, 0.5) is 0 Å². The van der Waals surface area contributed by atoms with Crippen molar-refractivity contribution in [2.75, 3.05) is 6.26 Å². The maximum absolute atomic E-state index is 5.94. The number of hydrogen-bond acceptors (Lipinski definition) is 5. The van der Waals surface area contributed by atoms with Gasteiger partial charge in [0, 0.05) is 25.9 Å². The number of aromatic nitrogens is 2. The van der Waals surface area contributed by atoms with E-state index in [0.717, 1.165) is 35.0 Å². The standard InChI is InChI=1S/C17H12Cl2N2S3/c1-22-17-20-15(23-13-6-2-11(18)3-7-13)10-16(21-17)24-14-8-4-12(19)5-9-14/h2-10H,1H3. The quantitative estimate of drug-likeness (QED) is 0.261. The third-order valence-electron chi connectivity index (χ3n) is 2.91. The van der Waals surface area contributed by atoms with Crippen LogP contribution in [0.3, 0.4) is 0 Å². The Bertz CT molecular complexity index is 758. The molecule has 3 rings (SSSR count). The van der Waals surface area contributed by atoms with Crippen molar-refractivity contribution in [2.45, 2.75) is 25.0 Å². The van der Waals surface area contributed by atoms with Crippen LogP contribution in [-0.4, -0.2) is 16.2 Å². The van der Waals surface area contributed by atoms with Crippen LogP contribution in [0.1, 0.15) is 0 Å². The fourth-order valence-electron chi connectivity index (χ4n) is 1.83. The Labute approximate surface area is 163 Å². The topological polar surface area (TPSA) is 25.8 Å². The van der Waals surface area contributed by atoms with Gasteiger partial charge in [-0.05, 0) is 54.8 Å². The second kappa shape index (κ2) is 8.50. The first-order valence-electron chi connectivity index (χ1n) is 6.92. The summed E-state index contributed by atoms with van der Waals surface area (Å²) in [4.78, 5) is 11.3. The summed E-state index contributed by atoms with van der Waals surface area (Å²) in [6.07, 6.45) is 1.98. The molecule has 0 N–H and O–H groups in total. The van der Waals surface area contributed by atoms with Gasteiger partial charge in [0.15, 0.2) is 5.16 Å². The van der Waals surface area contributed by atoms with Gasteiger partial charge < -0.3 is 0 Å². The van der Waals surface area contributed by atoms with Crippen molar-refractivity contribution in [3.63, 3.8) is 0 Å². The summed E-state index contributed by atoms with van der Waals surface area (Å²) in [6.45, 7) is 0. The third-order valence-corrected chi connectivity index (χ3v) is 5.82. The molecule has 0 unspecified atom stereocenters. The molecule has 0 saturated heterocycles. The lowest BCUT2D eigenvalue weighted by atomic mass is 10.4. The Morgan fingerprint density at radius 3 is 1.50 bits per heavy atom. The zero-order valence-corrected chi connectivity index (χ0v) is 16.5. The molecule has 0 saturated carbocycles. The first-order valence-corrected chi connectivity index (χ1v) is 10.5. The van der Waals surface area contributed by atoms with E-state index in [1.807, 2.05) is 60.9 Å². The molecule has 0 spiro atoms. The van der Waals surface area contributed by atoms with Gasteiger partial charge in [-0.2, -0.15) is 0 Å². The van der Waals surface area contributed by atoms with E-state index >= 15 is 0 Å². The Kier molecular flexibility index (Phi) is 6.36. The molecule has 0 fully saturated rings. The van der Waals surface area contributed by atoms with E-state index < -0.39 is 0 Å². The summed E-state index contributed by atoms with van der Waals surface area (Å²) in [5, 5.41) is 4.03. The summed E-state index contributed by atoms with van der Waals surface area (Å²) in [6, 6.07) is 17.5. The zero-order valence-electron chi connectivity index (χ0n) is 12.6. The Morgan fingerprint density at radius 1 is 0.708 bits per heavy atom. The molecular weight excluding hydrogens is 399 g/mol. The number of rotatable bonds is 5. The first-order chi connectivity index (χ1) is 11.6. The molecule has 0 aliphatic carbocycles. The van der Waals surface area contributed by atoms with Gasteiger partial charge in [0.25, 0.3) is 0 Å². The number of thioether (sulfide) groups is 1. The average Bonchev–Trinajstić information content (AvgIpc) is 2.59. The number of nitrogens with zero attached hydrogens (tertiary/aromatic N) is 2. The van der Waals surface area contributed by atoms with Crippen molar-refractivity contribution in [3.8, 4) is 0 Å². The number of hydrogen-bond donors (Lipinski definition) is 0. The van der Waals surface area contributed by atoms with Crippen LogP contribution in [-0.2, 0) is 0 Å². The van der Waals surface area contributed by atoms with Gasteiger partial charge in [-0.25, -0.2) is 9.97 Å². The highest BCUT2D eigenvalue weighted by atomic mass is 35.5. The predicted molar refractivity (Wildman–Crippen MR) is 105 cm³/mol. The molecule has 24 heavy (non-hydrogen) atoms. The molecule has 2 nitrogen and oxygen atoms in total. The van der Waals surface area contributed by atoms with Crippen LogP contribution in [0, 0.1) is 0 Å². The van der Waals surface area contributed by atoms with Crippen LogP contribution in [0.25, 0.3) is 0 Å². The van der Waals surface area contributed by atoms with E-state index in [2.05, 4.69) is 9.97 Å². The van der Waals surface area contributed by atoms with E-state index in [0.29, 0.717) is 0 Å². The van der Waals surface area contributed by atoms with Gasteiger partial charge in [0.2, 0.25) is 0 Å². The molecule has 2 aromatic carbocycles. The molecule has 1 heterocycles. The molecule has 1 aromatic heterocycles. The number of halogens is 2. The van der Waals surface area contributed by atoms with Crippen molar-refractivity contribution < 1.29 is 0 Å². The molecule has 122 valence electrons. The second-order valence-electron chi connectivity index (χ2n) is 4.64. The lowest BCUT2D eigenvalue weighted by Gasteiger charge is -2.07. The third kappa shape index (κ3) is 5.07. The lowest BCUT2D eigenvalue weighted by Crippen LogP contribution is -1.91. The first kappa shape index (κ1) is 18.0. The van der Waals surface area contributed by atoms with Crippen molar-refractivity contribution in [3.05, 3.63) is 64.6 Å². The predicted octanol–water partition coefficient (Wildman–Crippen LogP) is 6.81. The van der Waals surface area contributed by atoms with Crippen LogP contribution in [0.5, 0.6) is 0 Å². The van der Waals surface area contributed by atoms with Crippen molar-refractivity contribution >= 4 is 58.5 Å². The fourth-order valence-corrected chi connectivity index (χ4v) is 4.28. The van der Waals surface area contributed by atoms with Gasteiger partial charge in [-0.15, -0.1) is 0 Å². The maximum Gasteiger partial charge on any atom is 0.189 e. The van der Waals surface area contributed by atoms with E-state index in [1.54, 1.807) is 23.5 Å². The number of benzene rings is 2. The summed E-state index contributed by atoms with van der Waals surface area (Å²) in [7, 11) is 0. The van der Waals surface area contributed by atoms with Crippen molar-refractivity contribution in [2.24, 2.45) is 0 Å². The van der Waals surface area contributed by atoms with Crippen LogP contribution >= 0.6 is 58.5 Å². The van der Waals surface area contributed by atoms with Gasteiger partial charge >= 0.3 is 0 Å². The normalized spacial score (nSPS) is 10.8. The Balaban J connectivity index is 1.84. The molecule has 0 atom stereocenters. The molecule has 0 radical (unpaired) electrons. The van der Waals surface area contributed by atoms with Gasteiger partial charge in [-0.3, -0.25) is 0 Å². The van der Waals surface area contributed by atoms with Crippen LogP contribution in [0.15, 0.2) is 79.6 Å². The minimum absolute atomic E-state index is 0.728. The minimum Gasteiger partial charge on any atom is -0.216 e. The summed E-state index contributed by atoms with van der Waals surface area (Å²) in [5.41, 5.74) is 0. The molecular formula is C17H12Cl2N2S3. The van der Waals surface area contributed by atoms with Gasteiger partial charge in [-0.1, -0.05) is 58.5 Å². The van der Waals surface area contributed by atoms with E-state index in [9.17, 15) is 0 Å². The molecule has 0 aliphatic rings. The highest BCUT2D eigenvalue weighted by molar-refractivity contribution is 8.00. The fraction of sp³-hybridized carbons (Fsp3) is 0.0588. The summed E-state index contributed by atoms with van der Waals surface area (Å²) in [5.74, 6) is 0. The summed E-state index contributed by atoms with van der Waals surface area (Å²) >= 11 is 16.6. The second-order valence-corrected chi connectivity index (χ2v) is 8.48. The minimum atomic E-state index is 0.728. The van der Waals surface area contributed by atoms with E-state index in [4.69, 9.17) is 23.2 Å². The molecule has 7 heteroatoms. The van der Waals surface area contributed by atoms with Crippen molar-refractivity contribution in [1.29, 1.82) is 0 Å². The maximum atomic E-state index is 5.94. The van der Waals surface area contributed by atoms with Crippen LogP contribution < -0.4 is 0 Å². The van der Waals surface area contributed by atoms with Gasteiger partial charge in [0.05, 0.1) is 0 Å². The van der Waals surface area contributed by atoms with E-state index in [1.165, 1.54) is 11.8 Å². The Hall–Kier alpha value is -0.850. The molecule has 0 aliphatic heterocycles. The highest BCUT2D eigenvalue weighted by Gasteiger charge is 2.08. The molecule has 0 bridgehead atoms. The smallest absolute Gasteiger partial charge is 0.189 e. The van der Waals surface area contributed by atoms with Crippen LogP contribution in [0.2, 0.25) is 10.0 Å². The zero-order chi connectivity index (χ0) is 16.9. The molecule has 3 aromatic rings. The Morgan fingerprint density at radius 2 is 1.12 bits per heavy atom. The lowest BCUT2D eigenvalue weighted by molar-refractivity contribution is 0.830. The summed E-state index contributed by atoms with van der Waals surface area (Å²) < 4.78 is 0. The van der Waals surface area contributed by atoms with Gasteiger partial charge in [0.1, 0.15) is 10.1 Å². The SMILES string of the molecule is CSc1nc(Sc2ccc(Cl)cc2)cc(Sc2ccc(Cl)cc2)n1. The largest absolute Gasteiger partial charge is 0.216 e. The average molecular weight is 411 g/mol. The molecule has 0 amide bonds.